The minimum atomic E-state index is -0.814. The molecule has 6 atom stereocenters. The Hall–Kier alpha value is -4.71. The van der Waals surface area contributed by atoms with Crippen molar-refractivity contribution in [2.45, 2.75) is 18.8 Å². The summed E-state index contributed by atoms with van der Waals surface area (Å²) in [5, 5.41) is 11.6. The minimum absolute atomic E-state index is 0.0406. The number of fused-ring (bicyclic) bond motifs is 4. The third kappa shape index (κ3) is 5.31. The third-order valence-corrected chi connectivity index (χ3v) is 12.2. The fraction of sp³-hybridized carbons (Fsp3) is 0.400. The number of benzene rings is 3. The first-order chi connectivity index (χ1) is 25.3. The van der Waals surface area contributed by atoms with Gasteiger partial charge in [-0.25, -0.2) is 0 Å². The van der Waals surface area contributed by atoms with E-state index in [1.54, 1.807) is 24.3 Å². The van der Waals surface area contributed by atoms with Crippen LogP contribution in [-0.2, 0) is 28.7 Å². The van der Waals surface area contributed by atoms with Crippen molar-refractivity contribution in [2.75, 3.05) is 72.2 Å². The summed E-state index contributed by atoms with van der Waals surface area (Å²) in [4.78, 5) is 64.4. The number of anilines is 4. The van der Waals surface area contributed by atoms with Crippen LogP contribution in [0.4, 0.5) is 22.7 Å². The summed E-state index contributed by atoms with van der Waals surface area (Å²) in [6.45, 7) is 5.62. The Kier molecular flexibility index (Phi) is 8.32. The van der Waals surface area contributed by atoms with E-state index in [1.807, 2.05) is 42.5 Å². The van der Waals surface area contributed by atoms with Gasteiger partial charge in [0.25, 0.3) is 0 Å². The topological polar surface area (TPSA) is 120 Å². The molecule has 4 saturated heterocycles. The second kappa shape index (κ2) is 13.1. The molecule has 268 valence electrons. The lowest BCUT2D eigenvalue weighted by molar-refractivity contribution is -0.126. The summed E-state index contributed by atoms with van der Waals surface area (Å²) >= 11 is 6.48. The van der Waals surface area contributed by atoms with Crippen molar-refractivity contribution >= 4 is 58.0 Å². The summed E-state index contributed by atoms with van der Waals surface area (Å²) in [5.74, 6) is -5.37. The zero-order chi connectivity index (χ0) is 35.7. The molecule has 2 aliphatic carbocycles. The normalized spacial score (nSPS) is 28.9. The number of carbonyl (C=O) groups excluding carboxylic acids is 4. The summed E-state index contributed by atoms with van der Waals surface area (Å²) in [5.41, 5.74) is 4.21. The average molecular weight is 723 g/mol. The lowest BCUT2D eigenvalue weighted by Crippen LogP contribution is -2.43. The first-order valence-electron chi connectivity index (χ1n) is 18.1. The molecule has 4 aliphatic heterocycles. The van der Waals surface area contributed by atoms with E-state index in [1.165, 1.54) is 15.9 Å². The zero-order valence-corrected chi connectivity index (χ0v) is 29.3. The molecule has 0 aromatic heterocycles. The van der Waals surface area contributed by atoms with Gasteiger partial charge in [0.1, 0.15) is 5.75 Å². The Morgan fingerprint density at radius 1 is 0.596 bits per heavy atom. The molecule has 1 N–H and O–H groups in total. The van der Waals surface area contributed by atoms with Crippen molar-refractivity contribution in [3.63, 3.8) is 0 Å². The summed E-state index contributed by atoms with van der Waals surface area (Å²) < 4.78 is 11.0. The monoisotopic (exact) mass is 722 g/mol. The average Bonchev–Trinajstić information content (AvgIpc) is 3.59. The molecule has 3 aromatic rings. The predicted octanol–water partition coefficient (Wildman–Crippen LogP) is 4.76. The van der Waals surface area contributed by atoms with Gasteiger partial charge in [0.2, 0.25) is 23.6 Å². The number of imide groups is 2. The molecule has 1 saturated carbocycles. The Bertz CT molecular complexity index is 1970. The van der Waals surface area contributed by atoms with Crippen molar-refractivity contribution < 1.29 is 33.8 Å². The molecule has 0 radical (unpaired) electrons. The molecule has 9 rings (SSSR count). The smallest absolute Gasteiger partial charge is 0.238 e. The van der Waals surface area contributed by atoms with E-state index in [0.717, 1.165) is 43.1 Å². The quantitative estimate of drug-likeness (QED) is 0.294. The number of nitrogens with zero attached hydrogens (tertiary/aromatic N) is 4. The van der Waals surface area contributed by atoms with Gasteiger partial charge in [0.15, 0.2) is 0 Å². The number of carbonyl (C=O) groups is 4. The van der Waals surface area contributed by atoms with Gasteiger partial charge < -0.3 is 24.4 Å². The van der Waals surface area contributed by atoms with E-state index in [4.69, 9.17) is 21.1 Å². The van der Waals surface area contributed by atoms with E-state index in [0.29, 0.717) is 54.8 Å². The fourth-order valence-electron chi connectivity index (χ4n) is 9.49. The highest BCUT2D eigenvalue weighted by atomic mass is 35.5. The maximum atomic E-state index is 14.5. The highest BCUT2D eigenvalue weighted by Crippen LogP contribution is 2.59. The maximum absolute atomic E-state index is 14.5. The van der Waals surface area contributed by atoms with E-state index >= 15 is 0 Å². The molecular formula is C40H39ClN4O7. The molecule has 5 fully saturated rings. The highest BCUT2D eigenvalue weighted by molar-refractivity contribution is 6.30. The standard InChI is InChI=1S/C40H39ClN4O7/c41-23-1-12-33(46)31(21-23)34-28-10-11-29-35(39(49)44(37(29)47)26-6-2-24(3-7-26)42-13-17-51-18-14-42)30(28)22-32-36(34)40(50)45(38(32)48)27-8-4-25(5-9-27)43-15-19-52-20-16-43/h1-10,12,21,29-30,32,34-36,46H,11,13-20,22H2/t29-,30+,32+,34+,35-,36+/m0/s1. The van der Waals surface area contributed by atoms with Gasteiger partial charge in [-0.3, -0.25) is 29.0 Å². The van der Waals surface area contributed by atoms with Gasteiger partial charge in [0, 0.05) is 54.1 Å². The molecule has 52 heavy (non-hydrogen) atoms. The Morgan fingerprint density at radius 2 is 1.10 bits per heavy atom. The predicted molar refractivity (Wildman–Crippen MR) is 195 cm³/mol. The number of hydrogen-bond donors (Lipinski definition) is 1. The number of amides is 4. The molecule has 6 aliphatic rings. The van der Waals surface area contributed by atoms with Gasteiger partial charge in [-0.2, -0.15) is 0 Å². The second-order valence-electron chi connectivity index (χ2n) is 14.5. The fourth-order valence-corrected chi connectivity index (χ4v) is 9.67. The first kappa shape index (κ1) is 33.1. The number of aromatic hydroxyl groups is 1. The number of rotatable bonds is 5. The van der Waals surface area contributed by atoms with Gasteiger partial charge in [-0.05, 0) is 85.5 Å². The van der Waals surface area contributed by atoms with E-state index in [-0.39, 0.29) is 35.8 Å². The molecule has 4 heterocycles. The Labute approximate surface area is 306 Å². The number of phenolic OH excluding ortho intramolecular Hbond substituents is 1. The number of allylic oxidation sites excluding steroid dienone is 2. The van der Waals surface area contributed by atoms with Gasteiger partial charge >= 0.3 is 0 Å². The third-order valence-electron chi connectivity index (χ3n) is 11.9. The van der Waals surface area contributed by atoms with Crippen LogP contribution in [0.5, 0.6) is 5.75 Å². The molecular weight excluding hydrogens is 684 g/mol. The Morgan fingerprint density at radius 3 is 1.65 bits per heavy atom. The lowest BCUT2D eigenvalue weighted by Gasteiger charge is -2.44. The van der Waals surface area contributed by atoms with Crippen LogP contribution in [-0.4, -0.2) is 81.3 Å². The van der Waals surface area contributed by atoms with Gasteiger partial charge in [-0.15, -0.1) is 0 Å². The number of morpholine rings is 2. The summed E-state index contributed by atoms with van der Waals surface area (Å²) in [7, 11) is 0. The second-order valence-corrected chi connectivity index (χ2v) is 14.9. The molecule has 0 spiro atoms. The van der Waals surface area contributed by atoms with Crippen molar-refractivity contribution in [1.82, 2.24) is 0 Å². The van der Waals surface area contributed by atoms with Crippen LogP contribution in [0.2, 0.25) is 5.02 Å². The SMILES string of the molecule is O=C1[C@H]2[C@H](CC=C3[C@H]2C[C@H]2C(=O)N(c4ccc(N5CCOCC5)cc4)C(=O)[C@H]2[C@H]3c2cc(Cl)ccc2O)C(=O)N1c1ccc(N2CCOCC2)cc1. The number of halogens is 1. The van der Waals surface area contributed by atoms with Crippen molar-refractivity contribution in [3.05, 3.63) is 89.0 Å². The van der Waals surface area contributed by atoms with Crippen LogP contribution in [0.15, 0.2) is 78.4 Å². The number of ether oxygens (including phenoxy) is 2. The molecule has 11 nitrogen and oxygen atoms in total. The Balaban J connectivity index is 1.06. The molecule has 12 heteroatoms. The van der Waals surface area contributed by atoms with E-state index in [2.05, 4.69) is 9.80 Å². The highest BCUT2D eigenvalue weighted by Gasteiger charge is 2.62. The molecule has 4 amide bonds. The van der Waals surface area contributed by atoms with Gasteiger partial charge in [0.05, 0.1) is 61.5 Å². The lowest BCUT2D eigenvalue weighted by atomic mass is 9.57. The number of hydrogen-bond acceptors (Lipinski definition) is 9. The molecule has 3 aromatic carbocycles. The summed E-state index contributed by atoms with van der Waals surface area (Å²) in [6.07, 6.45) is 2.53. The van der Waals surface area contributed by atoms with E-state index in [9.17, 15) is 24.3 Å². The molecule has 0 bridgehead atoms. The maximum Gasteiger partial charge on any atom is 0.238 e. The van der Waals surface area contributed by atoms with Crippen LogP contribution in [0, 0.1) is 29.6 Å². The van der Waals surface area contributed by atoms with E-state index < -0.39 is 35.5 Å². The van der Waals surface area contributed by atoms with Crippen LogP contribution >= 0.6 is 11.6 Å². The zero-order valence-electron chi connectivity index (χ0n) is 28.5. The number of phenols is 1. The van der Waals surface area contributed by atoms with Crippen LogP contribution in [0.3, 0.4) is 0 Å². The van der Waals surface area contributed by atoms with Crippen molar-refractivity contribution in [1.29, 1.82) is 0 Å². The van der Waals surface area contributed by atoms with Crippen molar-refractivity contribution in [3.8, 4) is 5.75 Å². The first-order valence-corrected chi connectivity index (χ1v) is 18.5. The van der Waals surface area contributed by atoms with Crippen LogP contribution in [0.25, 0.3) is 0 Å². The van der Waals surface area contributed by atoms with Gasteiger partial charge in [-0.1, -0.05) is 23.3 Å². The minimum Gasteiger partial charge on any atom is -0.508 e. The molecule has 0 unspecified atom stereocenters. The van der Waals surface area contributed by atoms with Crippen molar-refractivity contribution in [2.24, 2.45) is 29.6 Å². The van der Waals surface area contributed by atoms with Crippen LogP contribution in [0.1, 0.15) is 24.3 Å². The van der Waals surface area contributed by atoms with Crippen LogP contribution < -0.4 is 19.6 Å². The summed E-state index contributed by atoms with van der Waals surface area (Å²) in [6, 6.07) is 19.7. The largest absolute Gasteiger partial charge is 0.508 e.